The fourth-order valence-corrected chi connectivity index (χ4v) is 4.43. The van der Waals surface area contributed by atoms with Gasteiger partial charge in [-0.1, -0.05) is 104 Å². The highest BCUT2D eigenvalue weighted by atomic mass is 31.2. The molecule has 0 aliphatic rings. The molecule has 0 aromatic rings. The van der Waals surface area contributed by atoms with Gasteiger partial charge < -0.3 is 4.89 Å². The Balaban J connectivity index is 3.59. The van der Waals surface area contributed by atoms with E-state index in [1.807, 2.05) is 13.8 Å². The van der Waals surface area contributed by atoms with E-state index in [1.54, 1.807) is 0 Å². The maximum absolute atomic E-state index is 11.4. The summed E-state index contributed by atoms with van der Waals surface area (Å²) in [4.78, 5) is 9.33. The van der Waals surface area contributed by atoms with Crippen LogP contribution in [-0.4, -0.2) is 10.5 Å². The maximum Gasteiger partial charge on any atom is 0.400 e. The molecule has 0 saturated heterocycles. The zero-order valence-electron chi connectivity index (χ0n) is 17.1. The molecular weight excluding hydrogens is 333 g/mol. The summed E-state index contributed by atoms with van der Waals surface area (Å²) in [5.74, 6) is 0. The number of unbranched alkanes of at least 4 members (excludes halogenated alkanes) is 12. The zero-order chi connectivity index (χ0) is 19.0. The normalized spacial score (nSPS) is 14.6. The lowest BCUT2D eigenvalue weighted by molar-refractivity contribution is 0.0367. The van der Waals surface area contributed by atoms with Crippen LogP contribution in [-0.2, 0) is 9.09 Å². The minimum absolute atomic E-state index is 0.531. The van der Waals surface area contributed by atoms with Gasteiger partial charge in [0.25, 0.3) is 0 Å². The Labute approximate surface area is 156 Å². The highest BCUT2D eigenvalue weighted by molar-refractivity contribution is 7.50. The molecule has 152 valence electrons. The molecule has 0 heterocycles. The van der Waals surface area contributed by atoms with Crippen LogP contribution in [0.15, 0.2) is 0 Å². The molecule has 25 heavy (non-hydrogen) atoms. The van der Waals surface area contributed by atoms with Gasteiger partial charge >= 0.3 is 7.75 Å². The molecule has 5 heteroatoms. The number of hydrogen-bond donors (Lipinski definition) is 2. The predicted molar refractivity (Wildman–Crippen MR) is 109 cm³/mol. The third kappa shape index (κ3) is 14.9. The first-order chi connectivity index (χ1) is 11.9. The first-order valence-corrected chi connectivity index (χ1v) is 12.4. The van der Waals surface area contributed by atoms with Gasteiger partial charge in [0.15, 0.2) is 0 Å². The molecule has 0 rings (SSSR count). The van der Waals surface area contributed by atoms with E-state index in [2.05, 4.69) is 6.92 Å². The lowest BCUT2D eigenvalue weighted by atomic mass is 9.90. The van der Waals surface area contributed by atoms with Crippen molar-refractivity contribution in [3.05, 3.63) is 0 Å². The van der Waals surface area contributed by atoms with Gasteiger partial charge in [0.2, 0.25) is 0 Å². The largest absolute Gasteiger partial charge is 0.400 e. The Morgan fingerprint density at radius 1 is 0.760 bits per heavy atom. The molecule has 0 saturated carbocycles. The van der Waals surface area contributed by atoms with E-state index in [0.29, 0.717) is 0 Å². The van der Waals surface area contributed by atoms with E-state index in [4.69, 9.17) is 10.0 Å². The molecule has 0 fully saturated rings. The molecule has 1 unspecified atom stereocenters. The summed E-state index contributed by atoms with van der Waals surface area (Å²) in [7, 11) is -3.91. The van der Waals surface area contributed by atoms with Gasteiger partial charge in [0, 0.05) is 0 Å². The van der Waals surface area contributed by atoms with Crippen LogP contribution < -0.4 is 5.50 Å². The molecule has 1 atom stereocenters. The van der Waals surface area contributed by atoms with Crippen LogP contribution in [0.1, 0.15) is 124 Å². The van der Waals surface area contributed by atoms with Crippen LogP contribution in [0.4, 0.5) is 0 Å². The van der Waals surface area contributed by atoms with Gasteiger partial charge in [-0.25, -0.2) is 10.1 Å². The average Bonchev–Trinajstić information content (AvgIpc) is 2.57. The number of nitrogens with two attached hydrogens (primary N) is 1. The molecule has 0 spiro atoms. The molecular formula is C20H44NO3P. The second-order valence-corrected chi connectivity index (χ2v) is 8.85. The van der Waals surface area contributed by atoms with Crippen molar-refractivity contribution < 1.29 is 14.0 Å². The minimum atomic E-state index is -3.91. The summed E-state index contributed by atoms with van der Waals surface area (Å²) >= 11 is 0. The van der Waals surface area contributed by atoms with Crippen molar-refractivity contribution in [3.63, 3.8) is 0 Å². The van der Waals surface area contributed by atoms with Crippen LogP contribution >= 0.6 is 7.75 Å². The van der Waals surface area contributed by atoms with Gasteiger partial charge in [0.05, 0.1) is 5.60 Å². The molecule has 0 aliphatic carbocycles. The summed E-state index contributed by atoms with van der Waals surface area (Å²) in [6.45, 7) is 6.27. The fourth-order valence-electron chi connectivity index (χ4n) is 3.52. The lowest BCUT2D eigenvalue weighted by Crippen LogP contribution is -2.31. The molecule has 0 aromatic heterocycles. The maximum atomic E-state index is 11.4. The Morgan fingerprint density at radius 3 is 1.44 bits per heavy atom. The molecule has 0 amide bonds. The van der Waals surface area contributed by atoms with Crippen molar-refractivity contribution >= 4 is 7.75 Å². The topological polar surface area (TPSA) is 72.5 Å². The van der Waals surface area contributed by atoms with Crippen LogP contribution in [0, 0.1) is 0 Å². The van der Waals surface area contributed by atoms with E-state index in [-0.39, 0.29) is 0 Å². The highest BCUT2D eigenvalue weighted by Gasteiger charge is 2.33. The first kappa shape index (κ1) is 25.1. The van der Waals surface area contributed by atoms with E-state index >= 15 is 0 Å². The fraction of sp³-hybridized carbons (Fsp3) is 1.00. The Kier molecular flexibility index (Phi) is 15.3. The molecule has 4 nitrogen and oxygen atoms in total. The van der Waals surface area contributed by atoms with Crippen molar-refractivity contribution in [1.82, 2.24) is 0 Å². The first-order valence-electron chi connectivity index (χ1n) is 10.7. The number of hydrogen-bond acceptors (Lipinski definition) is 2. The molecule has 0 bridgehead atoms. The van der Waals surface area contributed by atoms with Crippen LogP contribution in [0.25, 0.3) is 0 Å². The van der Waals surface area contributed by atoms with Crippen molar-refractivity contribution in [1.29, 1.82) is 0 Å². The Morgan fingerprint density at radius 2 is 1.12 bits per heavy atom. The molecule has 0 radical (unpaired) electrons. The monoisotopic (exact) mass is 377 g/mol. The summed E-state index contributed by atoms with van der Waals surface area (Å²) in [5, 5.41) is 0. The molecule has 0 aromatic carbocycles. The molecule has 0 aliphatic heterocycles. The SMILES string of the molecule is CCCCCCCCCCCCCCCC(CC)(CC)OP(N)(=O)O. The minimum Gasteiger partial charge on any atom is -0.313 e. The summed E-state index contributed by atoms with van der Waals surface area (Å²) in [6, 6.07) is 0. The summed E-state index contributed by atoms with van der Waals surface area (Å²) < 4.78 is 16.7. The van der Waals surface area contributed by atoms with E-state index in [9.17, 15) is 9.46 Å². The Bertz CT molecular complexity index is 340. The Hall–Kier alpha value is 0.110. The van der Waals surface area contributed by atoms with Crippen molar-refractivity contribution in [3.8, 4) is 0 Å². The van der Waals surface area contributed by atoms with Gasteiger partial charge in [-0.15, -0.1) is 0 Å². The summed E-state index contributed by atoms with van der Waals surface area (Å²) in [6.07, 6.45) is 19.5. The quantitative estimate of drug-likeness (QED) is 0.197. The van der Waals surface area contributed by atoms with Gasteiger partial charge in [-0.3, -0.25) is 4.52 Å². The standard InChI is InChI=1S/C20H44NO3P/c1-4-7-8-9-10-11-12-13-14-15-16-17-18-19-20(5-2,6-3)24-25(21,22)23/h4-19H2,1-3H3,(H3,21,22,23). The van der Waals surface area contributed by atoms with Crippen LogP contribution in [0.3, 0.4) is 0 Å². The average molecular weight is 378 g/mol. The highest BCUT2D eigenvalue weighted by Crippen LogP contribution is 2.43. The van der Waals surface area contributed by atoms with E-state index < -0.39 is 13.3 Å². The predicted octanol–water partition coefficient (Wildman–Crippen LogP) is 7.10. The summed E-state index contributed by atoms with van der Waals surface area (Å²) in [5.41, 5.74) is 4.67. The molecule has 3 N–H and O–H groups in total. The van der Waals surface area contributed by atoms with Crippen molar-refractivity contribution in [2.75, 3.05) is 0 Å². The number of rotatable bonds is 18. The smallest absolute Gasteiger partial charge is 0.313 e. The van der Waals surface area contributed by atoms with Crippen LogP contribution in [0.2, 0.25) is 0 Å². The van der Waals surface area contributed by atoms with E-state index in [0.717, 1.165) is 25.7 Å². The van der Waals surface area contributed by atoms with Crippen molar-refractivity contribution in [2.24, 2.45) is 5.50 Å². The van der Waals surface area contributed by atoms with Gasteiger partial charge in [-0.2, -0.15) is 0 Å². The third-order valence-electron chi connectivity index (χ3n) is 5.35. The third-order valence-corrected chi connectivity index (χ3v) is 6.00. The second kappa shape index (κ2) is 15.2. The van der Waals surface area contributed by atoms with Crippen LogP contribution in [0.5, 0.6) is 0 Å². The van der Waals surface area contributed by atoms with Gasteiger partial charge in [-0.05, 0) is 19.3 Å². The lowest BCUT2D eigenvalue weighted by Gasteiger charge is -2.32. The zero-order valence-corrected chi connectivity index (χ0v) is 18.0. The van der Waals surface area contributed by atoms with E-state index in [1.165, 1.54) is 77.0 Å². The van der Waals surface area contributed by atoms with Crippen molar-refractivity contribution in [2.45, 2.75) is 129 Å². The second-order valence-electron chi connectivity index (χ2n) is 7.54. The van der Waals surface area contributed by atoms with Gasteiger partial charge in [0.1, 0.15) is 0 Å².